The number of halogens is 1. The van der Waals surface area contributed by atoms with E-state index in [0.717, 1.165) is 4.31 Å². The summed E-state index contributed by atoms with van der Waals surface area (Å²) in [5.41, 5.74) is 5.94. The number of benzene rings is 1. The van der Waals surface area contributed by atoms with Crippen molar-refractivity contribution in [3.05, 3.63) is 34.9 Å². The lowest BCUT2D eigenvalue weighted by atomic mass is 10.3. The Kier molecular flexibility index (Phi) is 3.98. The highest BCUT2D eigenvalue weighted by Gasteiger charge is 2.25. The number of aryl methyl sites for hydroxylation is 1. The summed E-state index contributed by atoms with van der Waals surface area (Å²) in [5.74, 6) is 1.00. The maximum absolute atomic E-state index is 12.4. The molecule has 0 saturated carbocycles. The molecule has 0 aliphatic heterocycles. The van der Waals surface area contributed by atoms with Gasteiger partial charge in [0.2, 0.25) is 10.0 Å². The van der Waals surface area contributed by atoms with Gasteiger partial charge in [-0.05, 0) is 25.1 Å². The molecule has 0 saturated heterocycles. The number of nitrogen functional groups attached to an aromatic ring is 1. The third kappa shape index (κ3) is 2.92. The van der Waals surface area contributed by atoms with Crippen LogP contribution in [0.2, 0.25) is 5.02 Å². The quantitative estimate of drug-likeness (QED) is 0.824. The van der Waals surface area contributed by atoms with Gasteiger partial charge in [0, 0.05) is 12.7 Å². The number of rotatable bonds is 4. The van der Waals surface area contributed by atoms with Gasteiger partial charge in [-0.1, -0.05) is 11.6 Å². The molecule has 0 aliphatic rings. The van der Waals surface area contributed by atoms with Gasteiger partial charge in [0.05, 0.1) is 11.6 Å². The Balaban J connectivity index is 2.32. The van der Waals surface area contributed by atoms with Gasteiger partial charge >= 0.3 is 0 Å². The number of aromatic amines is 1. The molecule has 2 aromatic rings. The second-order valence-electron chi connectivity index (χ2n) is 4.29. The van der Waals surface area contributed by atoms with Gasteiger partial charge in [-0.3, -0.25) is 5.10 Å². The van der Waals surface area contributed by atoms with Crippen molar-refractivity contribution in [1.29, 1.82) is 0 Å². The Morgan fingerprint density at radius 3 is 2.75 bits per heavy atom. The number of anilines is 1. The number of nitrogens with one attached hydrogen (secondary N) is 1. The third-order valence-corrected chi connectivity index (χ3v) is 4.94. The molecule has 20 heavy (non-hydrogen) atoms. The average Bonchev–Trinajstić information content (AvgIpc) is 2.77. The minimum absolute atomic E-state index is 0.0334. The van der Waals surface area contributed by atoms with Crippen LogP contribution in [0.15, 0.2) is 23.1 Å². The SMILES string of the molecule is Cc1nc(CN(C)S(=O)(=O)c2cc(N)ccc2Cl)n[nH]1. The molecule has 0 aliphatic carbocycles. The van der Waals surface area contributed by atoms with Crippen LogP contribution >= 0.6 is 11.6 Å². The zero-order valence-corrected chi connectivity index (χ0v) is 12.5. The van der Waals surface area contributed by atoms with Crippen LogP contribution in [0.5, 0.6) is 0 Å². The molecule has 0 amide bonds. The normalized spacial score (nSPS) is 12.0. The maximum Gasteiger partial charge on any atom is 0.244 e. The Hall–Kier alpha value is -1.64. The van der Waals surface area contributed by atoms with Gasteiger partial charge in [-0.15, -0.1) is 0 Å². The lowest BCUT2D eigenvalue weighted by molar-refractivity contribution is 0.457. The van der Waals surface area contributed by atoms with E-state index in [0.29, 0.717) is 17.3 Å². The third-order valence-electron chi connectivity index (χ3n) is 2.65. The van der Waals surface area contributed by atoms with Crippen molar-refractivity contribution in [2.24, 2.45) is 0 Å². The predicted octanol–water partition coefficient (Wildman–Crippen LogP) is 1.17. The van der Waals surface area contributed by atoms with E-state index in [4.69, 9.17) is 17.3 Å². The molecule has 1 aromatic heterocycles. The van der Waals surface area contributed by atoms with Gasteiger partial charge in [0.1, 0.15) is 10.7 Å². The summed E-state index contributed by atoms with van der Waals surface area (Å²) < 4.78 is 26.0. The molecule has 108 valence electrons. The van der Waals surface area contributed by atoms with Gasteiger partial charge in [0.15, 0.2) is 5.82 Å². The molecule has 9 heteroatoms. The molecule has 0 atom stereocenters. The monoisotopic (exact) mass is 315 g/mol. The van der Waals surface area contributed by atoms with E-state index in [2.05, 4.69) is 15.2 Å². The molecule has 1 heterocycles. The summed E-state index contributed by atoms with van der Waals surface area (Å²) in [5, 5.41) is 6.68. The van der Waals surface area contributed by atoms with Gasteiger partial charge in [-0.25, -0.2) is 13.4 Å². The summed E-state index contributed by atoms with van der Waals surface area (Å²) in [6.45, 7) is 1.78. The van der Waals surface area contributed by atoms with Crippen LogP contribution in [0.25, 0.3) is 0 Å². The lowest BCUT2D eigenvalue weighted by Gasteiger charge is -2.16. The van der Waals surface area contributed by atoms with Crippen molar-refractivity contribution in [3.63, 3.8) is 0 Å². The zero-order chi connectivity index (χ0) is 14.9. The van der Waals surface area contributed by atoms with Crippen LogP contribution in [0.1, 0.15) is 11.6 Å². The predicted molar refractivity (Wildman–Crippen MR) is 75.6 cm³/mol. The van der Waals surface area contributed by atoms with Crippen molar-refractivity contribution in [2.75, 3.05) is 12.8 Å². The second kappa shape index (κ2) is 5.39. The molecular weight excluding hydrogens is 302 g/mol. The van der Waals surface area contributed by atoms with Crippen LogP contribution in [-0.4, -0.2) is 35.0 Å². The highest BCUT2D eigenvalue weighted by atomic mass is 35.5. The minimum atomic E-state index is -3.75. The van der Waals surface area contributed by atoms with Crippen molar-refractivity contribution < 1.29 is 8.42 Å². The first-order valence-corrected chi connectivity index (χ1v) is 7.52. The van der Waals surface area contributed by atoms with Crippen LogP contribution in [0, 0.1) is 6.92 Å². The fourth-order valence-electron chi connectivity index (χ4n) is 1.63. The first-order chi connectivity index (χ1) is 9.30. The highest BCUT2D eigenvalue weighted by Crippen LogP contribution is 2.26. The molecule has 0 unspecified atom stereocenters. The molecular formula is C11H14ClN5O2S. The molecule has 0 fully saturated rings. The largest absolute Gasteiger partial charge is 0.399 e. The standard InChI is InChI=1S/C11H14ClN5O2S/c1-7-14-11(16-15-7)6-17(2)20(18,19)10-5-8(13)3-4-9(10)12/h3-5H,6,13H2,1-2H3,(H,14,15,16). The van der Waals surface area contributed by atoms with E-state index in [-0.39, 0.29) is 16.5 Å². The molecule has 0 radical (unpaired) electrons. The summed E-state index contributed by atoms with van der Waals surface area (Å²) in [6.07, 6.45) is 0. The molecule has 3 N–H and O–H groups in total. The number of sulfonamides is 1. The summed E-state index contributed by atoms with van der Waals surface area (Å²) >= 11 is 5.93. The van der Waals surface area contributed by atoms with E-state index >= 15 is 0 Å². The fourth-order valence-corrected chi connectivity index (χ4v) is 3.26. The number of nitrogens with two attached hydrogens (primary N) is 1. The number of hydrogen-bond acceptors (Lipinski definition) is 5. The van der Waals surface area contributed by atoms with Crippen LogP contribution in [0.4, 0.5) is 5.69 Å². The summed E-state index contributed by atoms with van der Waals surface area (Å²) in [6, 6.07) is 4.33. The van der Waals surface area contributed by atoms with Gasteiger partial charge in [0.25, 0.3) is 0 Å². The first-order valence-electron chi connectivity index (χ1n) is 5.70. The van der Waals surface area contributed by atoms with Crippen LogP contribution in [0.3, 0.4) is 0 Å². The number of hydrogen-bond donors (Lipinski definition) is 2. The van der Waals surface area contributed by atoms with Gasteiger partial charge < -0.3 is 5.73 Å². The van der Waals surface area contributed by atoms with E-state index in [1.54, 1.807) is 13.0 Å². The second-order valence-corrected chi connectivity index (χ2v) is 6.71. The Bertz CT molecular complexity index is 728. The molecule has 7 nitrogen and oxygen atoms in total. The van der Waals surface area contributed by atoms with Crippen molar-refractivity contribution in [1.82, 2.24) is 19.5 Å². The Morgan fingerprint density at radius 1 is 1.45 bits per heavy atom. The lowest BCUT2D eigenvalue weighted by Crippen LogP contribution is -2.27. The topological polar surface area (TPSA) is 105 Å². The van der Waals surface area contributed by atoms with Gasteiger partial charge in [-0.2, -0.15) is 9.40 Å². The minimum Gasteiger partial charge on any atom is -0.399 e. The van der Waals surface area contributed by atoms with Crippen molar-refractivity contribution >= 4 is 27.3 Å². The Labute approximate surface area is 121 Å². The fraction of sp³-hybridized carbons (Fsp3) is 0.273. The number of aromatic nitrogens is 3. The average molecular weight is 316 g/mol. The molecule has 2 rings (SSSR count). The molecule has 0 bridgehead atoms. The maximum atomic E-state index is 12.4. The van der Waals surface area contributed by atoms with E-state index in [1.807, 2.05) is 0 Å². The Morgan fingerprint density at radius 2 is 2.15 bits per heavy atom. The molecule has 0 spiro atoms. The van der Waals surface area contributed by atoms with Crippen LogP contribution < -0.4 is 5.73 Å². The zero-order valence-electron chi connectivity index (χ0n) is 11.0. The van der Waals surface area contributed by atoms with Crippen molar-refractivity contribution in [3.8, 4) is 0 Å². The highest BCUT2D eigenvalue weighted by molar-refractivity contribution is 7.89. The first kappa shape index (κ1) is 14.8. The number of H-pyrrole nitrogens is 1. The van der Waals surface area contributed by atoms with E-state index in [9.17, 15) is 8.42 Å². The van der Waals surface area contributed by atoms with E-state index in [1.165, 1.54) is 19.2 Å². The summed E-state index contributed by atoms with van der Waals surface area (Å²) in [7, 11) is -2.32. The van der Waals surface area contributed by atoms with Crippen molar-refractivity contribution in [2.45, 2.75) is 18.4 Å². The number of nitrogens with zero attached hydrogens (tertiary/aromatic N) is 3. The van der Waals surface area contributed by atoms with Crippen LogP contribution in [-0.2, 0) is 16.6 Å². The van der Waals surface area contributed by atoms with E-state index < -0.39 is 10.0 Å². The molecule has 1 aromatic carbocycles. The smallest absolute Gasteiger partial charge is 0.244 e. The summed E-state index contributed by atoms with van der Waals surface area (Å²) in [4.78, 5) is 4.03.